The van der Waals surface area contributed by atoms with Crippen LogP contribution in [0.1, 0.15) is 36.1 Å². The molecule has 2 amide bonds. The second-order valence-corrected chi connectivity index (χ2v) is 9.59. The highest BCUT2D eigenvalue weighted by Crippen LogP contribution is 2.31. The van der Waals surface area contributed by atoms with Crippen molar-refractivity contribution in [2.45, 2.75) is 36.6 Å². The number of hydrogen-bond donors (Lipinski definition) is 0. The summed E-state index contributed by atoms with van der Waals surface area (Å²) in [5.74, 6) is 0.0624. The lowest BCUT2D eigenvalue weighted by molar-refractivity contribution is -0.129. The van der Waals surface area contributed by atoms with Crippen molar-refractivity contribution in [2.75, 3.05) is 13.2 Å². The van der Waals surface area contributed by atoms with Gasteiger partial charge >= 0.3 is 6.09 Å². The van der Waals surface area contributed by atoms with Crippen LogP contribution in [0, 0.1) is 0 Å². The molecule has 0 N–H and O–H groups in total. The second-order valence-electron chi connectivity index (χ2n) is 8.03. The lowest BCUT2D eigenvalue weighted by atomic mass is 9.91. The Morgan fingerprint density at radius 2 is 1.94 bits per heavy atom. The fourth-order valence-electron chi connectivity index (χ4n) is 3.88. The normalized spacial score (nSPS) is 17.5. The van der Waals surface area contributed by atoms with Gasteiger partial charge in [-0.15, -0.1) is 0 Å². The first-order valence-corrected chi connectivity index (χ1v) is 11.7. The number of alkyl halides is 1. The first-order valence-electron chi connectivity index (χ1n) is 10.8. The third-order valence-electron chi connectivity index (χ3n) is 5.50. The maximum Gasteiger partial charge on any atom is 0.416 e. The van der Waals surface area contributed by atoms with Crippen LogP contribution < -0.4 is 4.74 Å². The SMILES string of the molecule is C[C@H](Br)COc1ccc(C(CC(=O)N2C(=O)OC[C@@H]2Cc2ccccc2)c2ccon2)cc1. The van der Waals surface area contributed by atoms with E-state index in [-0.39, 0.29) is 35.7 Å². The molecular formula is C25H25BrN2O5. The molecule has 33 heavy (non-hydrogen) atoms. The van der Waals surface area contributed by atoms with E-state index in [2.05, 4.69) is 21.1 Å². The predicted octanol–water partition coefficient (Wildman–Crippen LogP) is 4.95. The van der Waals surface area contributed by atoms with Gasteiger partial charge in [-0.3, -0.25) is 4.79 Å². The van der Waals surface area contributed by atoms with Crippen molar-refractivity contribution in [3.05, 3.63) is 83.7 Å². The van der Waals surface area contributed by atoms with E-state index in [1.165, 1.54) is 11.2 Å². The lowest BCUT2D eigenvalue weighted by Crippen LogP contribution is -2.40. The minimum Gasteiger partial charge on any atom is -0.492 e. The Balaban J connectivity index is 1.51. The predicted molar refractivity (Wildman–Crippen MR) is 125 cm³/mol. The number of imide groups is 1. The summed E-state index contributed by atoms with van der Waals surface area (Å²) in [4.78, 5) is 27.2. The Kier molecular flexibility index (Phi) is 7.44. The summed E-state index contributed by atoms with van der Waals surface area (Å²) in [6.45, 7) is 2.74. The fourth-order valence-corrected chi connectivity index (χ4v) is 4.01. The first-order chi connectivity index (χ1) is 16.0. The Hall–Kier alpha value is -3.13. The first kappa shape index (κ1) is 23.0. The molecule has 1 unspecified atom stereocenters. The van der Waals surface area contributed by atoms with Gasteiger partial charge in [0.15, 0.2) is 0 Å². The zero-order valence-electron chi connectivity index (χ0n) is 18.2. The van der Waals surface area contributed by atoms with Crippen molar-refractivity contribution < 1.29 is 23.6 Å². The Labute approximate surface area is 200 Å². The summed E-state index contributed by atoms with van der Waals surface area (Å²) in [6.07, 6.45) is 1.48. The molecule has 1 saturated heterocycles. The molecule has 2 heterocycles. The largest absolute Gasteiger partial charge is 0.492 e. The van der Waals surface area contributed by atoms with Crippen LogP contribution in [-0.4, -0.2) is 46.1 Å². The smallest absolute Gasteiger partial charge is 0.416 e. The molecule has 1 aliphatic rings. The van der Waals surface area contributed by atoms with Crippen molar-refractivity contribution in [2.24, 2.45) is 0 Å². The average Bonchev–Trinajstić information content (AvgIpc) is 3.47. The lowest BCUT2D eigenvalue weighted by Gasteiger charge is -2.22. The van der Waals surface area contributed by atoms with E-state index >= 15 is 0 Å². The minimum atomic E-state index is -0.604. The molecule has 172 valence electrons. The van der Waals surface area contributed by atoms with Gasteiger partial charge in [0, 0.05) is 23.2 Å². The summed E-state index contributed by atoms with van der Waals surface area (Å²) in [5.41, 5.74) is 2.54. The number of halogens is 1. The monoisotopic (exact) mass is 512 g/mol. The van der Waals surface area contributed by atoms with Crippen LogP contribution >= 0.6 is 15.9 Å². The van der Waals surface area contributed by atoms with Gasteiger partial charge in [0.1, 0.15) is 25.2 Å². The summed E-state index contributed by atoms with van der Waals surface area (Å²) in [7, 11) is 0. The molecule has 0 spiro atoms. The van der Waals surface area contributed by atoms with Gasteiger partial charge in [-0.05, 0) is 36.6 Å². The van der Waals surface area contributed by atoms with Gasteiger partial charge < -0.3 is 14.0 Å². The maximum atomic E-state index is 13.3. The fraction of sp³-hybridized carbons (Fsp3) is 0.320. The molecule has 4 rings (SSSR count). The molecule has 0 bridgehead atoms. The van der Waals surface area contributed by atoms with Crippen LogP contribution in [0.25, 0.3) is 0 Å². The molecule has 8 heteroatoms. The molecule has 0 saturated carbocycles. The van der Waals surface area contributed by atoms with E-state index in [9.17, 15) is 9.59 Å². The molecule has 2 aromatic carbocycles. The molecule has 3 atom stereocenters. The van der Waals surface area contributed by atoms with E-state index in [0.717, 1.165) is 16.9 Å². The highest BCUT2D eigenvalue weighted by Gasteiger charge is 2.39. The third kappa shape index (κ3) is 5.82. The number of rotatable bonds is 9. The van der Waals surface area contributed by atoms with E-state index in [1.807, 2.05) is 61.5 Å². The number of nitrogens with zero attached hydrogens (tertiary/aromatic N) is 2. The highest BCUT2D eigenvalue weighted by atomic mass is 79.9. The Morgan fingerprint density at radius 1 is 1.18 bits per heavy atom. The van der Waals surface area contributed by atoms with Crippen LogP contribution in [0.15, 0.2) is 71.4 Å². The number of aromatic nitrogens is 1. The number of benzene rings is 2. The standard InChI is InChI=1S/C25H25BrN2O5/c1-17(26)15-31-21-9-7-19(8-10-21)22(23-11-12-33-27-23)14-24(29)28-20(16-32-25(28)30)13-18-5-3-2-4-6-18/h2-12,17,20,22H,13-16H2,1H3/t17-,20-,22?/m0/s1. The number of amides is 2. The summed E-state index contributed by atoms with van der Waals surface area (Å²) in [6, 6.07) is 18.7. The van der Waals surface area contributed by atoms with Gasteiger partial charge in [0.2, 0.25) is 5.91 Å². The van der Waals surface area contributed by atoms with Gasteiger partial charge in [-0.1, -0.05) is 63.6 Å². The van der Waals surface area contributed by atoms with E-state index in [4.69, 9.17) is 14.0 Å². The van der Waals surface area contributed by atoms with Crippen LogP contribution in [0.5, 0.6) is 5.75 Å². The number of carbonyl (C=O) groups is 2. The van der Waals surface area contributed by atoms with Gasteiger partial charge in [0.05, 0.1) is 11.7 Å². The van der Waals surface area contributed by atoms with Crippen LogP contribution in [0.3, 0.4) is 0 Å². The zero-order valence-corrected chi connectivity index (χ0v) is 19.8. The van der Waals surface area contributed by atoms with E-state index < -0.39 is 6.09 Å². The summed E-state index contributed by atoms with van der Waals surface area (Å²) in [5, 5.41) is 4.06. The van der Waals surface area contributed by atoms with Crippen molar-refractivity contribution in [3.8, 4) is 5.75 Å². The number of carbonyl (C=O) groups excluding carboxylic acids is 2. The van der Waals surface area contributed by atoms with Crippen molar-refractivity contribution in [1.29, 1.82) is 0 Å². The number of hydrogen-bond acceptors (Lipinski definition) is 6. The van der Waals surface area contributed by atoms with Crippen molar-refractivity contribution >= 4 is 27.9 Å². The highest BCUT2D eigenvalue weighted by molar-refractivity contribution is 9.09. The van der Waals surface area contributed by atoms with Crippen molar-refractivity contribution in [1.82, 2.24) is 10.1 Å². The van der Waals surface area contributed by atoms with Crippen LogP contribution in [0.4, 0.5) is 4.79 Å². The Bertz CT molecular complexity index is 1050. The average molecular weight is 513 g/mol. The summed E-state index contributed by atoms with van der Waals surface area (Å²) >= 11 is 3.46. The second kappa shape index (κ2) is 10.7. The molecule has 1 aliphatic heterocycles. The van der Waals surface area contributed by atoms with Crippen LogP contribution in [-0.2, 0) is 16.0 Å². The Morgan fingerprint density at radius 3 is 2.61 bits per heavy atom. The number of cyclic esters (lactones) is 1. The third-order valence-corrected chi connectivity index (χ3v) is 5.76. The number of ether oxygens (including phenoxy) is 2. The molecule has 0 radical (unpaired) electrons. The van der Waals surface area contributed by atoms with Crippen molar-refractivity contribution in [3.63, 3.8) is 0 Å². The topological polar surface area (TPSA) is 81.9 Å². The minimum absolute atomic E-state index is 0.0611. The van der Waals surface area contributed by atoms with Crippen LogP contribution in [0.2, 0.25) is 0 Å². The quantitative estimate of drug-likeness (QED) is 0.377. The van der Waals surface area contributed by atoms with Gasteiger partial charge in [0.25, 0.3) is 0 Å². The molecule has 7 nitrogen and oxygen atoms in total. The molecule has 1 aromatic heterocycles. The molecule has 0 aliphatic carbocycles. The van der Waals surface area contributed by atoms with E-state index in [0.29, 0.717) is 18.7 Å². The molecule has 3 aromatic rings. The van der Waals surface area contributed by atoms with Gasteiger partial charge in [-0.25, -0.2) is 9.69 Å². The summed E-state index contributed by atoms with van der Waals surface area (Å²) < 4.78 is 16.0. The maximum absolute atomic E-state index is 13.3. The molecular weight excluding hydrogens is 488 g/mol. The van der Waals surface area contributed by atoms with E-state index in [1.54, 1.807) is 6.07 Å². The van der Waals surface area contributed by atoms with Gasteiger partial charge in [-0.2, -0.15) is 0 Å². The molecule has 1 fully saturated rings. The zero-order chi connectivity index (χ0) is 23.2.